The minimum atomic E-state index is -3.47. The van der Waals surface area contributed by atoms with E-state index in [1.807, 2.05) is 13.8 Å². The summed E-state index contributed by atoms with van der Waals surface area (Å²) in [6.07, 6.45) is 2.60. The van der Waals surface area contributed by atoms with Crippen LogP contribution in [-0.4, -0.2) is 61.2 Å². The van der Waals surface area contributed by atoms with Crippen LogP contribution < -0.4 is 10.6 Å². The van der Waals surface area contributed by atoms with Crippen molar-refractivity contribution in [3.63, 3.8) is 0 Å². The van der Waals surface area contributed by atoms with Crippen molar-refractivity contribution in [1.29, 1.82) is 0 Å². The summed E-state index contributed by atoms with van der Waals surface area (Å²) >= 11 is 0. The van der Waals surface area contributed by atoms with Gasteiger partial charge in [0.2, 0.25) is 15.9 Å². The molecule has 1 fully saturated rings. The zero-order valence-corrected chi connectivity index (χ0v) is 18.8. The highest BCUT2D eigenvalue weighted by Crippen LogP contribution is 2.15. The number of hydrogen-bond donors (Lipinski definition) is 2. The summed E-state index contributed by atoms with van der Waals surface area (Å²) in [5.74, 6) is -1.13. The molecule has 2 rings (SSSR count). The molecule has 30 heavy (non-hydrogen) atoms. The Balaban J connectivity index is 2.08. The van der Waals surface area contributed by atoms with Gasteiger partial charge in [0.15, 0.2) is 11.5 Å². The highest BCUT2D eigenvalue weighted by atomic mass is 32.2. The summed E-state index contributed by atoms with van der Waals surface area (Å²) in [6.45, 7) is 7.11. The molecular formula is C20H31N3O6S. The van der Waals surface area contributed by atoms with Gasteiger partial charge in [-0.15, -0.1) is 0 Å². The van der Waals surface area contributed by atoms with E-state index in [1.165, 1.54) is 17.5 Å². The zero-order valence-electron chi connectivity index (χ0n) is 17.9. The number of nitrogens with zero attached hydrogens (tertiary/aromatic N) is 1. The fourth-order valence-corrected chi connectivity index (χ4v) is 4.47. The van der Waals surface area contributed by atoms with E-state index in [-0.39, 0.29) is 36.3 Å². The van der Waals surface area contributed by atoms with E-state index in [4.69, 9.17) is 4.42 Å². The lowest BCUT2D eigenvalue weighted by atomic mass is 10.0. The van der Waals surface area contributed by atoms with Crippen LogP contribution in [0.4, 0.5) is 0 Å². The molecule has 2 amide bonds. The van der Waals surface area contributed by atoms with Crippen LogP contribution in [0.3, 0.4) is 0 Å². The molecule has 2 N–H and O–H groups in total. The maximum atomic E-state index is 12.9. The number of aryl methyl sites for hydroxylation is 1. The first-order chi connectivity index (χ1) is 14.0. The Bertz CT molecular complexity index is 877. The number of Topliss-reactive ketones (excluding diaryl/α,β-unsaturated/α-hetero) is 1. The van der Waals surface area contributed by atoms with Crippen LogP contribution in [0.2, 0.25) is 0 Å². The molecule has 1 saturated heterocycles. The largest absolute Gasteiger partial charge is 0.459 e. The molecule has 2 atom stereocenters. The second kappa shape index (κ2) is 10.2. The van der Waals surface area contributed by atoms with Crippen molar-refractivity contribution in [3.05, 3.63) is 23.7 Å². The minimum absolute atomic E-state index is 0.0774. The van der Waals surface area contributed by atoms with Gasteiger partial charge in [-0.2, -0.15) is 4.31 Å². The van der Waals surface area contributed by atoms with Crippen molar-refractivity contribution < 1.29 is 27.2 Å². The molecule has 2 heterocycles. The van der Waals surface area contributed by atoms with E-state index in [1.54, 1.807) is 13.0 Å². The number of rotatable bonds is 8. The first kappa shape index (κ1) is 24.1. The monoisotopic (exact) mass is 441 g/mol. The third-order valence-corrected chi connectivity index (χ3v) is 6.92. The number of carbonyl (C=O) groups excluding carboxylic acids is 3. The fourth-order valence-electron chi connectivity index (χ4n) is 3.37. The van der Waals surface area contributed by atoms with E-state index in [2.05, 4.69) is 10.6 Å². The van der Waals surface area contributed by atoms with Gasteiger partial charge in [0.05, 0.1) is 24.6 Å². The van der Waals surface area contributed by atoms with Gasteiger partial charge in [-0.25, -0.2) is 8.42 Å². The topological polar surface area (TPSA) is 126 Å². The first-order valence-corrected chi connectivity index (χ1v) is 11.8. The number of furan rings is 1. The summed E-state index contributed by atoms with van der Waals surface area (Å²) in [6, 6.07) is 0.0345. The minimum Gasteiger partial charge on any atom is -0.459 e. The van der Waals surface area contributed by atoms with Gasteiger partial charge in [-0.3, -0.25) is 14.4 Å². The fraction of sp³-hybridized carbons (Fsp3) is 0.650. The highest BCUT2D eigenvalue weighted by molar-refractivity contribution is 7.89. The normalized spacial score (nSPS) is 19.4. The van der Waals surface area contributed by atoms with Crippen LogP contribution in [0.15, 0.2) is 16.7 Å². The Kier molecular flexibility index (Phi) is 8.19. The van der Waals surface area contributed by atoms with Crippen molar-refractivity contribution in [3.8, 4) is 0 Å². The second-order valence-corrected chi connectivity index (χ2v) is 10.2. The molecule has 0 aliphatic carbocycles. The molecule has 0 spiro atoms. The van der Waals surface area contributed by atoms with Crippen LogP contribution >= 0.6 is 0 Å². The van der Waals surface area contributed by atoms with Crippen molar-refractivity contribution in [1.82, 2.24) is 14.9 Å². The third-order valence-electron chi connectivity index (χ3n) is 5.09. The van der Waals surface area contributed by atoms with Crippen LogP contribution in [0.25, 0.3) is 0 Å². The molecular weight excluding hydrogens is 410 g/mol. The molecule has 1 aromatic heterocycles. The average molecular weight is 442 g/mol. The number of amides is 2. The van der Waals surface area contributed by atoms with E-state index in [9.17, 15) is 22.8 Å². The standard InChI is InChI=1S/C20H31N3O6S/c1-5-30(27,28)23-9-6-7-15(17(24)12-23)21-19(25)16(11-13(2)3)22-20(26)18-14(4)8-10-29-18/h8,10,13,15-16H,5-7,9,11-12H2,1-4H3,(H,21,25)(H,22,26)/t15-,16?/m0/s1. The Morgan fingerprint density at radius 1 is 1.33 bits per heavy atom. The zero-order chi connectivity index (χ0) is 22.5. The maximum Gasteiger partial charge on any atom is 0.287 e. The Morgan fingerprint density at radius 3 is 2.60 bits per heavy atom. The molecule has 1 aliphatic rings. The molecule has 0 saturated carbocycles. The molecule has 9 nitrogen and oxygen atoms in total. The molecule has 168 valence electrons. The van der Waals surface area contributed by atoms with Crippen molar-refractivity contribution >= 4 is 27.6 Å². The molecule has 10 heteroatoms. The van der Waals surface area contributed by atoms with Crippen molar-refractivity contribution in [2.24, 2.45) is 5.92 Å². The van der Waals surface area contributed by atoms with E-state index in [0.717, 1.165) is 0 Å². The van der Waals surface area contributed by atoms with E-state index < -0.39 is 33.9 Å². The molecule has 0 bridgehead atoms. The maximum absolute atomic E-state index is 12.9. The summed E-state index contributed by atoms with van der Waals surface area (Å²) in [7, 11) is -3.47. The molecule has 0 aromatic carbocycles. The summed E-state index contributed by atoms with van der Waals surface area (Å²) in [5.41, 5.74) is 0.660. The van der Waals surface area contributed by atoms with Gasteiger partial charge in [0, 0.05) is 12.1 Å². The Hall–Kier alpha value is -2.20. The molecule has 1 aromatic rings. The number of sulfonamides is 1. The van der Waals surface area contributed by atoms with Gasteiger partial charge < -0.3 is 15.1 Å². The summed E-state index contributed by atoms with van der Waals surface area (Å²) in [5, 5.41) is 5.41. The van der Waals surface area contributed by atoms with Gasteiger partial charge in [-0.1, -0.05) is 13.8 Å². The molecule has 0 radical (unpaired) electrons. The lowest BCUT2D eigenvalue weighted by molar-refractivity contribution is -0.129. The smallest absolute Gasteiger partial charge is 0.287 e. The van der Waals surface area contributed by atoms with Crippen LogP contribution in [0, 0.1) is 12.8 Å². The predicted molar refractivity (Wildman–Crippen MR) is 111 cm³/mol. The lowest BCUT2D eigenvalue weighted by Gasteiger charge is -2.23. The lowest BCUT2D eigenvalue weighted by Crippen LogP contribution is -2.52. The third kappa shape index (κ3) is 6.15. The molecule has 1 unspecified atom stereocenters. The van der Waals surface area contributed by atoms with Gasteiger partial charge >= 0.3 is 0 Å². The Labute approximate surface area is 177 Å². The number of hydrogen-bond acceptors (Lipinski definition) is 6. The van der Waals surface area contributed by atoms with Gasteiger partial charge in [0.1, 0.15) is 6.04 Å². The quantitative estimate of drug-likeness (QED) is 0.625. The van der Waals surface area contributed by atoms with E-state index in [0.29, 0.717) is 24.8 Å². The number of ketones is 1. The van der Waals surface area contributed by atoms with Crippen LogP contribution in [0.5, 0.6) is 0 Å². The Morgan fingerprint density at radius 2 is 2.03 bits per heavy atom. The first-order valence-electron chi connectivity index (χ1n) is 10.2. The van der Waals surface area contributed by atoms with E-state index >= 15 is 0 Å². The summed E-state index contributed by atoms with van der Waals surface area (Å²) in [4.78, 5) is 38.0. The van der Waals surface area contributed by atoms with Gasteiger partial charge in [-0.05, 0) is 45.1 Å². The van der Waals surface area contributed by atoms with Crippen molar-refractivity contribution in [2.75, 3.05) is 18.8 Å². The predicted octanol–water partition coefficient (Wildman–Crippen LogP) is 1.23. The van der Waals surface area contributed by atoms with Crippen LogP contribution in [-0.2, 0) is 19.6 Å². The highest BCUT2D eigenvalue weighted by Gasteiger charge is 2.33. The SMILES string of the molecule is CCS(=O)(=O)N1CCC[C@H](NC(=O)C(CC(C)C)NC(=O)c2occc2C)C(=O)C1. The average Bonchev–Trinajstić information content (AvgIpc) is 3.01. The van der Waals surface area contributed by atoms with Crippen molar-refractivity contribution in [2.45, 2.75) is 59.0 Å². The summed E-state index contributed by atoms with van der Waals surface area (Å²) < 4.78 is 30.6. The number of nitrogens with one attached hydrogen (secondary N) is 2. The second-order valence-electron chi connectivity index (χ2n) is 7.99. The molecule has 1 aliphatic heterocycles. The number of carbonyl (C=O) groups is 3. The van der Waals surface area contributed by atoms with Crippen LogP contribution in [0.1, 0.15) is 56.2 Å². The van der Waals surface area contributed by atoms with Gasteiger partial charge in [0.25, 0.3) is 5.91 Å².